The molecule has 0 aromatic carbocycles. The molecule has 0 bridgehead atoms. The van der Waals surface area contributed by atoms with E-state index >= 15 is 0 Å². The molecule has 3 aromatic rings. The normalized spacial score (nSPS) is 10.9. The Labute approximate surface area is 111 Å². The molecular weight excluding hydrogens is 276 g/mol. The molecule has 86 valence electrons. The lowest BCUT2D eigenvalue weighted by Crippen LogP contribution is -1.79. The SMILES string of the molecule is COc1ccsc1-c1cc2ncnc(Cl)c2s1. The monoisotopic (exact) mass is 282 g/mol. The Morgan fingerprint density at radius 1 is 1.35 bits per heavy atom. The van der Waals surface area contributed by atoms with Crippen LogP contribution < -0.4 is 4.74 Å². The van der Waals surface area contributed by atoms with Crippen molar-refractivity contribution < 1.29 is 4.74 Å². The molecule has 0 atom stereocenters. The van der Waals surface area contributed by atoms with Crippen molar-refractivity contribution in [2.45, 2.75) is 0 Å². The minimum atomic E-state index is 0.502. The summed E-state index contributed by atoms with van der Waals surface area (Å²) in [5, 5.41) is 2.51. The average Bonchev–Trinajstić information content (AvgIpc) is 2.94. The molecule has 0 saturated carbocycles. The van der Waals surface area contributed by atoms with E-state index in [-0.39, 0.29) is 0 Å². The van der Waals surface area contributed by atoms with Crippen LogP contribution in [0.3, 0.4) is 0 Å². The first-order chi connectivity index (χ1) is 8.29. The second-order valence-electron chi connectivity index (χ2n) is 3.31. The first kappa shape index (κ1) is 11.0. The summed E-state index contributed by atoms with van der Waals surface area (Å²) in [6.07, 6.45) is 1.48. The van der Waals surface area contributed by atoms with Gasteiger partial charge in [0.15, 0.2) is 0 Å². The van der Waals surface area contributed by atoms with Gasteiger partial charge in [-0.05, 0) is 17.5 Å². The number of nitrogens with zero attached hydrogens (tertiary/aromatic N) is 2. The summed E-state index contributed by atoms with van der Waals surface area (Å²) in [5.41, 5.74) is 0.875. The van der Waals surface area contributed by atoms with Crippen molar-refractivity contribution >= 4 is 44.5 Å². The molecule has 0 amide bonds. The van der Waals surface area contributed by atoms with Crippen molar-refractivity contribution in [1.82, 2.24) is 9.97 Å². The first-order valence-electron chi connectivity index (χ1n) is 4.81. The summed E-state index contributed by atoms with van der Waals surface area (Å²) in [6.45, 7) is 0. The Hall–Kier alpha value is -1.17. The molecule has 0 radical (unpaired) electrons. The fourth-order valence-electron chi connectivity index (χ4n) is 1.58. The number of thiophene rings is 2. The molecule has 3 nitrogen and oxygen atoms in total. The number of methoxy groups -OCH3 is 1. The molecular formula is C11H7ClN2OS2. The minimum absolute atomic E-state index is 0.502. The highest BCUT2D eigenvalue weighted by molar-refractivity contribution is 7.26. The molecule has 6 heteroatoms. The van der Waals surface area contributed by atoms with E-state index in [0.29, 0.717) is 5.15 Å². The molecule has 3 rings (SSSR count). The Balaban J connectivity index is 2.22. The molecule has 0 aliphatic heterocycles. The zero-order chi connectivity index (χ0) is 11.8. The fourth-order valence-corrected chi connectivity index (χ4v) is 3.81. The van der Waals surface area contributed by atoms with Crippen LogP contribution in [0.5, 0.6) is 5.75 Å². The largest absolute Gasteiger partial charge is 0.495 e. The van der Waals surface area contributed by atoms with Crippen LogP contribution in [0, 0.1) is 0 Å². The summed E-state index contributed by atoms with van der Waals surface area (Å²) < 4.78 is 6.23. The lowest BCUT2D eigenvalue weighted by atomic mass is 10.3. The molecule has 3 heterocycles. The molecule has 0 aliphatic carbocycles. The molecule has 0 N–H and O–H groups in total. The Morgan fingerprint density at radius 2 is 2.24 bits per heavy atom. The lowest BCUT2D eigenvalue weighted by Gasteiger charge is -1.97. The molecule has 0 saturated heterocycles. The van der Waals surface area contributed by atoms with Crippen LogP contribution in [-0.2, 0) is 0 Å². The maximum absolute atomic E-state index is 6.04. The van der Waals surface area contributed by atoms with Gasteiger partial charge in [0, 0.05) is 0 Å². The molecule has 17 heavy (non-hydrogen) atoms. The number of ether oxygens (including phenoxy) is 1. The van der Waals surface area contributed by atoms with Crippen LogP contribution in [-0.4, -0.2) is 17.1 Å². The molecule has 0 unspecified atom stereocenters. The molecule has 3 aromatic heterocycles. The van der Waals surface area contributed by atoms with E-state index in [0.717, 1.165) is 25.7 Å². The second kappa shape index (κ2) is 4.25. The van der Waals surface area contributed by atoms with Gasteiger partial charge in [0.1, 0.15) is 17.2 Å². The predicted octanol–water partition coefficient (Wildman–Crippen LogP) is 4.08. The Morgan fingerprint density at radius 3 is 3.00 bits per heavy atom. The van der Waals surface area contributed by atoms with Crippen molar-refractivity contribution in [2.75, 3.05) is 7.11 Å². The fraction of sp³-hybridized carbons (Fsp3) is 0.0909. The van der Waals surface area contributed by atoms with Gasteiger partial charge < -0.3 is 4.74 Å². The zero-order valence-corrected chi connectivity index (χ0v) is 11.2. The number of rotatable bonds is 2. The average molecular weight is 283 g/mol. The summed E-state index contributed by atoms with van der Waals surface area (Å²) in [7, 11) is 1.67. The van der Waals surface area contributed by atoms with E-state index < -0.39 is 0 Å². The number of halogens is 1. The van der Waals surface area contributed by atoms with Gasteiger partial charge >= 0.3 is 0 Å². The number of fused-ring (bicyclic) bond motifs is 1. The van der Waals surface area contributed by atoms with Gasteiger partial charge in [-0.25, -0.2) is 9.97 Å². The first-order valence-corrected chi connectivity index (χ1v) is 6.89. The summed E-state index contributed by atoms with van der Waals surface area (Å²) in [6, 6.07) is 3.97. The maximum atomic E-state index is 6.04. The van der Waals surface area contributed by atoms with E-state index in [2.05, 4.69) is 9.97 Å². The van der Waals surface area contributed by atoms with Crippen molar-refractivity contribution in [3.63, 3.8) is 0 Å². The van der Waals surface area contributed by atoms with E-state index in [1.54, 1.807) is 29.8 Å². The summed E-state index contributed by atoms with van der Waals surface area (Å²) in [5.74, 6) is 0.880. The smallest absolute Gasteiger partial charge is 0.150 e. The van der Waals surface area contributed by atoms with Gasteiger partial charge in [-0.1, -0.05) is 11.6 Å². The van der Waals surface area contributed by atoms with Crippen molar-refractivity contribution in [2.24, 2.45) is 0 Å². The van der Waals surface area contributed by atoms with Crippen LogP contribution in [0.4, 0.5) is 0 Å². The van der Waals surface area contributed by atoms with Crippen LogP contribution in [0.15, 0.2) is 23.8 Å². The van der Waals surface area contributed by atoms with Crippen LogP contribution in [0.25, 0.3) is 20.0 Å². The van der Waals surface area contributed by atoms with Crippen molar-refractivity contribution in [3.05, 3.63) is 29.0 Å². The van der Waals surface area contributed by atoms with Gasteiger partial charge in [0.2, 0.25) is 0 Å². The van der Waals surface area contributed by atoms with Gasteiger partial charge in [0.25, 0.3) is 0 Å². The standard InChI is InChI=1S/C11H7ClN2OS2/c1-15-7-2-3-16-10(7)8-4-6-9(17-8)11(12)14-5-13-6/h2-5H,1H3. The highest BCUT2D eigenvalue weighted by atomic mass is 35.5. The van der Waals surface area contributed by atoms with Crippen LogP contribution >= 0.6 is 34.3 Å². The molecule has 0 spiro atoms. The van der Waals surface area contributed by atoms with Crippen molar-refractivity contribution in [3.8, 4) is 15.5 Å². The lowest BCUT2D eigenvalue weighted by molar-refractivity contribution is 0.418. The topological polar surface area (TPSA) is 35.0 Å². The minimum Gasteiger partial charge on any atom is -0.495 e. The van der Waals surface area contributed by atoms with E-state index in [9.17, 15) is 0 Å². The van der Waals surface area contributed by atoms with E-state index in [4.69, 9.17) is 16.3 Å². The van der Waals surface area contributed by atoms with E-state index in [1.807, 2.05) is 17.5 Å². The van der Waals surface area contributed by atoms with Gasteiger partial charge in [-0.3, -0.25) is 0 Å². The maximum Gasteiger partial charge on any atom is 0.150 e. The number of hydrogen-bond donors (Lipinski definition) is 0. The Bertz CT molecular complexity index is 677. The molecule has 0 aliphatic rings. The highest BCUT2D eigenvalue weighted by Gasteiger charge is 2.13. The van der Waals surface area contributed by atoms with Gasteiger partial charge in [-0.15, -0.1) is 22.7 Å². The third-order valence-corrected chi connectivity index (χ3v) is 4.95. The Kier molecular flexibility index (Phi) is 2.74. The van der Waals surface area contributed by atoms with Crippen molar-refractivity contribution in [1.29, 1.82) is 0 Å². The third-order valence-electron chi connectivity index (χ3n) is 2.34. The number of aromatic nitrogens is 2. The zero-order valence-electron chi connectivity index (χ0n) is 8.81. The third kappa shape index (κ3) is 1.80. The quantitative estimate of drug-likeness (QED) is 0.664. The summed E-state index contributed by atoms with van der Waals surface area (Å²) in [4.78, 5) is 10.4. The second-order valence-corrected chi connectivity index (χ2v) is 5.63. The van der Waals surface area contributed by atoms with Gasteiger partial charge in [0.05, 0.1) is 27.1 Å². The summed E-state index contributed by atoms with van der Waals surface area (Å²) >= 11 is 9.26. The molecule has 0 fully saturated rings. The van der Waals surface area contributed by atoms with E-state index in [1.165, 1.54) is 6.33 Å². The highest BCUT2D eigenvalue weighted by Crippen LogP contribution is 2.42. The van der Waals surface area contributed by atoms with Crippen LogP contribution in [0.1, 0.15) is 0 Å². The van der Waals surface area contributed by atoms with Gasteiger partial charge in [-0.2, -0.15) is 0 Å². The van der Waals surface area contributed by atoms with Crippen LogP contribution in [0.2, 0.25) is 5.15 Å². The number of hydrogen-bond acceptors (Lipinski definition) is 5. The predicted molar refractivity (Wildman–Crippen MR) is 72.3 cm³/mol.